The number of carboxylic acids is 1. The summed E-state index contributed by atoms with van der Waals surface area (Å²) in [6.45, 7) is 5.46. The summed E-state index contributed by atoms with van der Waals surface area (Å²) in [4.78, 5) is 32.2. The molecule has 0 unspecified atom stereocenters. The molecule has 1 amide bonds. The first kappa shape index (κ1) is 18.8. The number of nitrogens with zero attached hydrogens (tertiary/aromatic N) is 2. The van der Waals surface area contributed by atoms with Crippen molar-refractivity contribution in [2.24, 2.45) is 0 Å². The average molecular weight is 384 g/mol. The summed E-state index contributed by atoms with van der Waals surface area (Å²) in [5.74, 6) is -0.329. The SMILES string of the molecule is Cc1nc(NCC(=O)NCC(=O)O)c2c(-c3ccc(C)c(C)c3)csc2n1. The fraction of sp³-hybridized carbons (Fsp3) is 0.263. The second kappa shape index (κ2) is 7.71. The zero-order chi connectivity index (χ0) is 19.6. The van der Waals surface area contributed by atoms with Crippen LogP contribution in [0.15, 0.2) is 23.6 Å². The highest BCUT2D eigenvalue weighted by atomic mass is 32.1. The maximum atomic E-state index is 11.8. The summed E-state index contributed by atoms with van der Waals surface area (Å²) >= 11 is 1.53. The van der Waals surface area contributed by atoms with Gasteiger partial charge in [-0.15, -0.1) is 11.3 Å². The number of aryl methyl sites for hydroxylation is 3. The first-order valence-corrected chi connectivity index (χ1v) is 9.29. The molecule has 140 valence electrons. The Hall–Kier alpha value is -3.00. The summed E-state index contributed by atoms with van der Waals surface area (Å²) in [5, 5.41) is 16.9. The topological polar surface area (TPSA) is 104 Å². The number of carboxylic acid groups (broad SMARTS) is 1. The lowest BCUT2D eigenvalue weighted by atomic mass is 10.0. The zero-order valence-corrected chi connectivity index (χ0v) is 16.1. The van der Waals surface area contributed by atoms with Gasteiger partial charge in [-0.1, -0.05) is 18.2 Å². The third kappa shape index (κ3) is 4.22. The molecule has 0 bridgehead atoms. The van der Waals surface area contributed by atoms with Crippen molar-refractivity contribution in [1.82, 2.24) is 15.3 Å². The van der Waals surface area contributed by atoms with Crippen LogP contribution in [0, 0.1) is 20.8 Å². The largest absolute Gasteiger partial charge is 0.480 e. The van der Waals surface area contributed by atoms with Gasteiger partial charge in [0.1, 0.15) is 23.0 Å². The molecule has 0 aliphatic carbocycles. The summed E-state index contributed by atoms with van der Waals surface area (Å²) in [6, 6.07) is 6.27. The number of hydrogen-bond donors (Lipinski definition) is 3. The van der Waals surface area contributed by atoms with Gasteiger partial charge in [0, 0.05) is 10.9 Å². The highest BCUT2D eigenvalue weighted by Gasteiger charge is 2.15. The molecule has 1 aromatic carbocycles. The van der Waals surface area contributed by atoms with E-state index in [1.165, 1.54) is 22.5 Å². The predicted molar refractivity (Wildman–Crippen MR) is 106 cm³/mol. The highest BCUT2D eigenvalue weighted by molar-refractivity contribution is 7.17. The minimum atomic E-state index is -1.08. The zero-order valence-electron chi connectivity index (χ0n) is 15.3. The number of hydrogen-bond acceptors (Lipinski definition) is 6. The summed E-state index contributed by atoms with van der Waals surface area (Å²) < 4.78 is 0. The molecule has 3 aromatic rings. The quantitative estimate of drug-likeness (QED) is 0.604. The summed E-state index contributed by atoms with van der Waals surface area (Å²) in [7, 11) is 0. The van der Waals surface area contributed by atoms with E-state index < -0.39 is 18.4 Å². The number of nitrogens with one attached hydrogen (secondary N) is 2. The van der Waals surface area contributed by atoms with Crippen LogP contribution in [0.4, 0.5) is 5.82 Å². The van der Waals surface area contributed by atoms with E-state index in [1.54, 1.807) is 6.92 Å². The van der Waals surface area contributed by atoms with E-state index in [9.17, 15) is 9.59 Å². The Morgan fingerprint density at radius 3 is 2.59 bits per heavy atom. The number of carbonyl (C=O) groups excluding carboxylic acids is 1. The van der Waals surface area contributed by atoms with Gasteiger partial charge < -0.3 is 15.7 Å². The number of fused-ring (bicyclic) bond motifs is 1. The van der Waals surface area contributed by atoms with E-state index in [0.717, 1.165) is 21.3 Å². The van der Waals surface area contributed by atoms with Gasteiger partial charge in [0.15, 0.2) is 0 Å². The van der Waals surface area contributed by atoms with E-state index >= 15 is 0 Å². The Bertz CT molecular complexity index is 1030. The van der Waals surface area contributed by atoms with E-state index in [-0.39, 0.29) is 6.54 Å². The third-order valence-electron chi connectivity index (χ3n) is 4.22. The second-order valence-electron chi connectivity index (χ2n) is 6.27. The highest BCUT2D eigenvalue weighted by Crippen LogP contribution is 2.37. The number of aliphatic carboxylic acids is 1. The number of rotatable bonds is 6. The number of aromatic nitrogens is 2. The molecule has 0 spiro atoms. The molecule has 0 radical (unpaired) electrons. The molecular formula is C19H20N4O3S. The van der Waals surface area contributed by atoms with Crippen LogP contribution in [-0.4, -0.2) is 40.0 Å². The van der Waals surface area contributed by atoms with Crippen LogP contribution >= 0.6 is 11.3 Å². The smallest absolute Gasteiger partial charge is 0.322 e. The minimum absolute atomic E-state index is 0.0684. The van der Waals surface area contributed by atoms with Crippen LogP contribution in [0.1, 0.15) is 17.0 Å². The first-order valence-electron chi connectivity index (χ1n) is 8.41. The molecule has 2 aromatic heterocycles. The molecular weight excluding hydrogens is 364 g/mol. The van der Waals surface area contributed by atoms with Crippen molar-refractivity contribution in [3.63, 3.8) is 0 Å². The fourth-order valence-electron chi connectivity index (χ4n) is 2.70. The lowest BCUT2D eigenvalue weighted by Gasteiger charge is -2.10. The predicted octanol–water partition coefficient (Wildman–Crippen LogP) is 2.90. The molecule has 8 heteroatoms. The summed E-state index contributed by atoms with van der Waals surface area (Å²) in [6.07, 6.45) is 0. The Labute approximate surface area is 160 Å². The van der Waals surface area contributed by atoms with Gasteiger partial charge in [-0.3, -0.25) is 9.59 Å². The van der Waals surface area contributed by atoms with Crippen molar-refractivity contribution < 1.29 is 14.7 Å². The Kier molecular flexibility index (Phi) is 5.36. The van der Waals surface area contributed by atoms with Gasteiger partial charge in [0.05, 0.1) is 11.9 Å². The van der Waals surface area contributed by atoms with Crippen LogP contribution in [0.5, 0.6) is 0 Å². The average Bonchev–Trinajstić information content (AvgIpc) is 3.04. The summed E-state index contributed by atoms with van der Waals surface area (Å²) in [5.41, 5.74) is 4.49. The van der Waals surface area contributed by atoms with Gasteiger partial charge in [0.2, 0.25) is 5.91 Å². The number of carbonyl (C=O) groups is 2. The molecule has 0 atom stereocenters. The Morgan fingerprint density at radius 2 is 1.89 bits per heavy atom. The van der Waals surface area contributed by atoms with Gasteiger partial charge in [-0.2, -0.15) is 0 Å². The number of anilines is 1. The normalized spacial score (nSPS) is 10.8. The van der Waals surface area contributed by atoms with Gasteiger partial charge >= 0.3 is 5.97 Å². The molecule has 3 N–H and O–H groups in total. The van der Waals surface area contributed by atoms with E-state index in [4.69, 9.17) is 5.11 Å². The van der Waals surface area contributed by atoms with Gasteiger partial charge in [-0.25, -0.2) is 9.97 Å². The molecule has 0 saturated carbocycles. The van der Waals surface area contributed by atoms with Gasteiger partial charge in [-0.05, 0) is 37.5 Å². The number of amides is 1. The molecule has 0 saturated heterocycles. The third-order valence-corrected chi connectivity index (χ3v) is 5.09. The van der Waals surface area contributed by atoms with Crippen LogP contribution in [0.3, 0.4) is 0 Å². The lowest BCUT2D eigenvalue weighted by molar-refractivity contribution is -0.137. The molecule has 0 aliphatic rings. The van der Waals surface area contributed by atoms with Crippen LogP contribution in [0.25, 0.3) is 21.3 Å². The first-order chi connectivity index (χ1) is 12.8. The molecule has 0 fully saturated rings. The fourth-order valence-corrected chi connectivity index (χ4v) is 3.69. The van der Waals surface area contributed by atoms with Crippen molar-refractivity contribution in [2.75, 3.05) is 18.4 Å². The van der Waals surface area contributed by atoms with E-state index in [2.05, 4.69) is 52.6 Å². The van der Waals surface area contributed by atoms with Crippen molar-refractivity contribution in [3.8, 4) is 11.1 Å². The van der Waals surface area contributed by atoms with Crippen molar-refractivity contribution in [3.05, 3.63) is 40.5 Å². The minimum Gasteiger partial charge on any atom is -0.480 e. The maximum Gasteiger partial charge on any atom is 0.322 e. The molecule has 3 rings (SSSR count). The molecule has 0 aliphatic heterocycles. The molecule has 7 nitrogen and oxygen atoms in total. The maximum absolute atomic E-state index is 11.8. The Balaban J connectivity index is 1.94. The van der Waals surface area contributed by atoms with Crippen LogP contribution in [-0.2, 0) is 9.59 Å². The monoisotopic (exact) mass is 384 g/mol. The second-order valence-corrected chi connectivity index (χ2v) is 7.13. The standard InChI is InChI=1S/C19H20N4O3S/c1-10-4-5-13(6-11(10)2)14-9-27-19-17(14)18(22-12(3)23-19)21-7-15(24)20-8-16(25)26/h4-6,9H,7-8H2,1-3H3,(H,20,24)(H,25,26)(H,21,22,23). The number of thiophene rings is 1. The van der Waals surface area contributed by atoms with Crippen molar-refractivity contribution >= 4 is 39.2 Å². The molecule has 2 heterocycles. The van der Waals surface area contributed by atoms with Crippen molar-refractivity contribution in [2.45, 2.75) is 20.8 Å². The van der Waals surface area contributed by atoms with Gasteiger partial charge in [0.25, 0.3) is 0 Å². The van der Waals surface area contributed by atoms with E-state index in [0.29, 0.717) is 11.6 Å². The van der Waals surface area contributed by atoms with Crippen LogP contribution in [0.2, 0.25) is 0 Å². The number of benzene rings is 1. The lowest BCUT2D eigenvalue weighted by Crippen LogP contribution is -2.34. The Morgan fingerprint density at radius 1 is 1.11 bits per heavy atom. The van der Waals surface area contributed by atoms with Crippen molar-refractivity contribution in [1.29, 1.82) is 0 Å². The van der Waals surface area contributed by atoms with E-state index in [1.807, 2.05) is 5.38 Å². The molecule has 27 heavy (non-hydrogen) atoms. The van der Waals surface area contributed by atoms with Crippen LogP contribution < -0.4 is 10.6 Å².